The van der Waals surface area contributed by atoms with Gasteiger partial charge in [-0.2, -0.15) is 0 Å². The fourth-order valence-corrected chi connectivity index (χ4v) is 3.23. The Kier molecular flexibility index (Phi) is 3.73. The van der Waals surface area contributed by atoms with Gasteiger partial charge in [-0.05, 0) is 40.5 Å². The van der Waals surface area contributed by atoms with Crippen molar-refractivity contribution in [1.82, 2.24) is 0 Å². The number of carbonyl (C=O) groups excluding carboxylic acids is 1. The van der Waals surface area contributed by atoms with Crippen LogP contribution in [0.5, 0.6) is 0 Å². The largest absolute Gasteiger partial charge is 0.378 e. The molecule has 0 radical (unpaired) electrons. The molecular weight excluding hydrogens is 306 g/mol. The molecule has 0 fully saturated rings. The third kappa shape index (κ3) is 2.76. The summed E-state index contributed by atoms with van der Waals surface area (Å²) in [5, 5.41) is 0. The molecule has 0 spiro atoms. The highest BCUT2D eigenvalue weighted by Gasteiger charge is 2.25. The first-order valence-electron chi connectivity index (χ1n) is 8.37. The van der Waals surface area contributed by atoms with Gasteiger partial charge in [0.05, 0.1) is 0 Å². The number of anilines is 1. The number of carbonyl (C=O) groups is 1. The monoisotopic (exact) mass is 325 g/mol. The van der Waals surface area contributed by atoms with E-state index in [2.05, 4.69) is 47.4 Å². The average molecular weight is 325 g/mol. The van der Waals surface area contributed by atoms with Gasteiger partial charge in [-0.25, -0.2) is 0 Å². The first kappa shape index (κ1) is 15.4. The Labute approximate surface area is 148 Å². The molecule has 0 atom stereocenters. The molecule has 0 amide bonds. The van der Waals surface area contributed by atoms with Crippen LogP contribution in [0.2, 0.25) is 0 Å². The fourth-order valence-electron chi connectivity index (χ4n) is 3.23. The standard InChI is InChI=1S/C23H19NO/c1-24(2)18-12-9-16(10-13-18)7-8-17-11-14-20-19-5-3-4-6-21(19)23(25)22(20)15-17/h3-15H,1-2H3/b8-7+. The van der Waals surface area contributed by atoms with Crippen LogP contribution >= 0.6 is 0 Å². The smallest absolute Gasteiger partial charge is 0.194 e. The Hall–Kier alpha value is -3.13. The molecule has 122 valence electrons. The maximum Gasteiger partial charge on any atom is 0.194 e. The summed E-state index contributed by atoms with van der Waals surface area (Å²) in [4.78, 5) is 14.7. The maximum absolute atomic E-state index is 12.6. The van der Waals surface area contributed by atoms with Gasteiger partial charge in [0.15, 0.2) is 5.78 Å². The lowest BCUT2D eigenvalue weighted by atomic mass is 10.0. The van der Waals surface area contributed by atoms with Gasteiger partial charge in [-0.1, -0.05) is 60.7 Å². The van der Waals surface area contributed by atoms with Crippen LogP contribution in [0.4, 0.5) is 5.69 Å². The predicted molar refractivity (Wildman–Crippen MR) is 105 cm³/mol. The van der Waals surface area contributed by atoms with Gasteiger partial charge in [-0.3, -0.25) is 4.79 Å². The van der Waals surface area contributed by atoms with E-state index in [9.17, 15) is 4.79 Å². The van der Waals surface area contributed by atoms with E-state index in [4.69, 9.17) is 0 Å². The lowest BCUT2D eigenvalue weighted by molar-refractivity contribution is 0.104. The summed E-state index contributed by atoms with van der Waals surface area (Å²) >= 11 is 0. The SMILES string of the molecule is CN(C)c1ccc(/C=C/c2ccc3c(c2)C(=O)c2ccccc2-3)cc1. The van der Waals surface area contributed by atoms with Crippen molar-refractivity contribution in [1.29, 1.82) is 0 Å². The van der Waals surface area contributed by atoms with E-state index >= 15 is 0 Å². The Balaban J connectivity index is 1.62. The zero-order valence-electron chi connectivity index (χ0n) is 14.4. The van der Waals surface area contributed by atoms with Crippen LogP contribution < -0.4 is 4.90 Å². The summed E-state index contributed by atoms with van der Waals surface area (Å²) in [6, 6.07) is 22.3. The highest BCUT2D eigenvalue weighted by Crippen LogP contribution is 2.36. The molecule has 0 aliphatic heterocycles. The van der Waals surface area contributed by atoms with Crippen molar-refractivity contribution in [2.24, 2.45) is 0 Å². The Morgan fingerprint density at radius 3 is 2.00 bits per heavy atom. The number of benzene rings is 3. The third-order valence-electron chi connectivity index (χ3n) is 4.63. The lowest BCUT2D eigenvalue weighted by Gasteiger charge is -2.11. The van der Waals surface area contributed by atoms with Crippen LogP contribution in [-0.2, 0) is 0 Å². The average Bonchev–Trinajstić information content (AvgIpc) is 2.93. The topological polar surface area (TPSA) is 20.3 Å². The summed E-state index contributed by atoms with van der Waals surface area (Å²) in [5.74, 6) is 0.121. The zero-order chi connectivity index (χ0) is 17.4. The van der Waals surface area contributed by atoms with E-state index in [0.717, 1.165) is 33.4 Å². The molecule has 0 aromatic heterocycles. The molecule has 0 N–H and O–H groups in total. The van der Waals surface area contributed by atoms with Crippen molar-refractivity contribution in [3.05, 3.63) is 89.0 Å². The van der Waals surface area contributed by atoms with Crippen LogP contribution in [0.25, 0.3) is 23.3 Å². The minimum atomic E-state index is 0.121. The molecule has 3 aromatic rings. The van der Waals surface area contributed by atoms with Crippen molar-refractivity contribution in [2.45, 2.75) is 0 Å². The van der Waals surface area contributed by atoms with Crippen molar-refractivity contribution in [3.8, 4) is 11.1 Å². The molecular formula is C23H19NO. The van der Waals surface area contributed by atoms with Crippen molar-refractivity contribution in [2.75, 3.05) is 19.0 Å². The molecule has 3 aromatic carbocycles. The van der Waals surface area contributed by atoms with E-state index in [1.54, 1.807) is 0 Å². The predicted octanol–water partition coefficient (Wildman–Crippen LogP) is 5.13. The molecule has 0 saturated heterocycles. The van der Waals surface area contributed by atoms with Crippen LogP contribution in [0.3, 0.4) is 0 Å². The molecule has 0 saturated carbocycles. The maximum atomic E-state index is 12.6. The molecule has 0 bridgehead atoms. The number of hydrogen-bond donors (Lipinski definition) is 0. The highest BCUT2D eigenvalue weighted by molar-refractivity contribution is 6.21. The molecule has 2 nitrogen and oxygen atoms in total. The van der Waals surface area contributed by atoms with Crippen molar-refractivity contribution < 1.29 is 4.79 Å². The second-order valence-electron chi connectivity index (χ2n) is 6.50. The number of ketones is 1. The Bertz CT molecular complexity index is 981. The Morgan fingerprint density at radius 1 is 0.680 bits per heavy atom. The minimum Gasteiger partial charge on any atom is -0.378 e. The van der Waals surface area contributed by atoms with Crippen LogP contribution in [0.1, 0.15) is 27.0 Å². The van der Waals surface area contributed by atoms with E-state index in [-0.39, 0.29) is 5.78 Å². The van der Waals surface area contributed by atoms with Gasteiger partial charge in [0.25, 0.3) is 0 Å². The quantitative estimate of drug-likeness (QED) is 0.486. The molecule has 0 heterocycles. The second kappa shape index (κ2) is 6.06. The van der Waals surface area contributed by atoms with Crippen LogP contribution in [0.15, 0.2) is 66.7 Å². The fraction of sp³-hybridized carbons (Fsp3) is 0.0870. The number of nitrogens with zero attached hydrogens (tertiary/aromatic N) is 1. The van der Waals surface area contributed by atoms with E-state index in [0.29, 0.717) is 0 Å². The summed E-state index contributed by atoms with van der Waals surface area (Å²) in [6.07, 6.45) is 4.13. The van der Waals surface area contributed by atoms with Gasteiger partial charge in [0.2, 0.25) is 0 Å². The van der Waals surface area contributed by atoms with Crippen LogP contribution in [-0.4, -0.2) is 19.9 Å². The van der Waals surface area contributed by atoms with Gasteiger partial charge in [0, 0.05) is 30.9 Å². The number of hydrogen-bond acceptors (Lipinski definition) is 2. The van der Waals surface area contributed by atoms with Gasteiger partial charge >= 0.3 is 0 Å². The van der Waals surface area contributed by atoms with Gasteiger partial charge < -0.3 is 4.90 Å². The van der Waals surface area contributed by atoms with E-state index < -0.39 is 0 Å². The van der Waals surface area contributed by atoms with Crippen LogP contribution in [0, 0.1) is 0 Å². The normalized spacial score (nSPS) is 12.3. The van der Waals surface area contributed by atoms with Gasteiger partial charge in [0.1, 0.15) is 0 Å². The number of fused-ring (bicyclic) bond motifs is 3. The summed E-state index contributed by atoms with van der Waals surface area (Å²) in [5.41, 5.74) is 7.03. The summed E-state index contributed by atoms with van der Waals surface area (Å²) in [7, 11) is 4.06. The highest BCUT2D eigenvalue weighted by atomic mass is 16.1. The molecule has 2 heteroatoms. The molecule has 1 aliphatic rings. The molecule has 0 unspecified atom stereocenters. The molecule has 1 aliphatic carbocycles. The zero-order valence-corrected chi connectivity index (χ0v) is 14.4. The van der Waals surface area contributed by atoms with Crippen molar-refractivity contribution in [3.63, 3.8) is 0 Å². The summed E-state index contributed by atoms with van der Waals surface area (Å²) in [6.45, 7) is 0. The van der Waals surface area contributed by atoms with E-state index in [1.165, 1.54) is 5.69 Å². The lowest BCUT2D eigenvalue weighted by Crippen LogP contribution is -2.07. The first-order chi connectivity index (χ1) is 12.1. The van der Waals surface area contributed by atoms with E-state index in [1.807, 2.05) is 50.5 Å². The minimum absolute atomic E-state index is 0.121. The summed E-state index contributed by atoms with van der Waals surface area (Å²) < 4.78 is 0. The first-order valence-corrected chi connectivity index (χ1v) is 8.37. The molecule has 4 rings (SSSR count). The molecule has 25 heavy (non-hydrogen) atoms. The third-order valence-corrected chi connectivity index (χ3v) is 4.63. The Morgan fingerprint density at radius 2 is 1.28 bits per heavy atom. The number of rotatable bonds is 3. The van der Waals surface area contributed by atoms with Gasteiger partial charge in [-0.15, -0.1) is 0 Å². The van der Waals surface area contributed by atoms with Crippen molar-refractivity contribution >= 4 is 23.6 Å². The second-order valence-corrected chi connectivity index (χ2v) is 6.50.